The average molecular weight is 516 g/mol. The second-order valence-electron chi connectivity index (χ2n) is 8.81. The average Bonchev–Trinajstić information content (AvgIpc) is 3.21. The van der Waals surface area contributed by atoms with Crippen molar-refractivity contribution in [1.29, 1.82) is 0 Å². The van der Waals surface area contributed by atoms with Crippen LogP contribution in [0.3, 0.4) is 0 Å². The van der Waals surface area contributed by atoms with E-state index in [-0.39, 0.29) is 16.9 Å². The number of ether oxygens (including phenoxy) is 3. The third-order valence-corrected chi connectivity index (χ3v) is 6.33. The Kier molecular flexibility index (Phi) is 7.81. The molecule has 1 N–H and O–H groups in total. The van der Waals surface area contributed by atoms with Crippen molar-refractivity contribution < 1.29 is 33.7 Å². The van der Waals surface area contributed by atoms with Crippen LogP contribution in [0.15, 0.2) is 72.3 Å². The Morgan fingerprint density at radius 2 is 1.71 bits per heavy atom. The second kappa shape index (κ2) is 11.2. The predicted molar refractivity (Wildman–Crippen MR) is 143 cm³/mol. The summed E-state index contributed by atoms with van der Waals surface area (Å²) in [4.78, 5) is 40.3. The number of hydrogen-bond acceptors (Lipinski definition) is 7. The smallest absolute Gasteiger partial charge is 0.337 e. The molecule has 4 rings (SSSR count). The Morgan fingerprint density at radius 3 is 2.34 bits per heavy atom. The molecule has 8 nitrogen and oxygen atoms in total. The quantitative estimate of drug-likeness (QED) is 0.190. The fourth-order valence-electron chi connectivity index (χ4n) is 4.43. The van der Waals surface area contributed by atoms with E-state index in [1.165, 1.54) is 25.2 Å². The fraction of sp³-hybridized carbons (Fsp3) is 0.233. The van der Waals surface area contributed by atoms with Crippen LogP contribution in [0.5, 0.6) is 11.5 Å². The van der Waals surface area contributed by atoms with E-state index in [0.29, 0.717) is 34.9 Å². The highest BCUT2D eigenvalue weighted by Gasteiger charge is 2.47. The van der Waals surface area contributed by atoms with E-state index in [1.807, 2.05) is 13.8 Å². The highest BCUT2D eigenvalue weighted by atomic mass is 16.5. The van der Waals surface area contributed by atoms with Gasteiger partial charge in [0, 0.05) is 11.3 Å². The number of ketones is 1. The zero-order valence-corrected chi connectivity index (χ0v) is 21.7. The molecule has 1 amide bonds. The third-order valence-electron chi connectivity index (χ3n) is 6.33. The third kappa shape index (κ3) is 4.98. The molecule has 1 aliphatic rings. The Balaban J connectivity index is 1.88. The molecule has 8 heteroatoms. The van der Waals surface area contributed by atoms with Crippen molar-refractivity contribution in [3.05, 3.63) is 94.6 Å². The van der Waals surface area contributed by atoms with Gasteiger partial charge in [-0.05, 0) is 73.0 Å². The first kappa shape index (κ1) is 26.5. The summed E-state index contributed by atoms with van der Waals surface area (Å²) in [5.41, 5.74) is 2.21. The lowest BCUT2D eigenvalue weighted by atomic mass is 9.94. The number of nitrogens with zero attached hydrogens (tertiary/aromatic N) is 1. The van der Waals surface area contributed by atoms with Crippen LogP contribution in [0.1, 0.15) is 46.4 Å². The van der Waals surface area contributed by atoms with E-state index in [9.17, 15) is 19.5 Å². The number of hydrogen-bond donors (Lipinski definition) is 1. The highest BCUT2D eigenvalue weighted by Crippen LogP contribution is 2.43. The van der Waals surface area contributed by atoms with E-state index in [1.54, 1.807) is 60.7 Å². The number of carbonyl (C=O) groups is 3. The molecular formula is C30H29NO7. The van der Waals surface area contributed by atoms with Crippen molar-refractivity contribution in [3.8, 4) is 11.5 Å². The lowest BCUT2D eigenvalue weighted by molar-refractivity contribution is -0.132. The topological polar surface area (TPSA) is 102 Å². The van der Waals surface area contributed by atoms with Crippen LogP contribution in [0.25, 0.3) is 5.76 Å². The van der Waals surface area contributed by atoms with Crippen LogP contribution in [-0.2, 0) is 14.3 Å². The summed E-state index contributed by atoms with van der Waals surface area (Å²) in [7, 11) is 2.80. The SMILES string of the molecule is CCCOc1ccc(/C(O)=C2\C(=O)C(=O)N(c3cccc(C(=O)OC)c3)C2c2ccc(OC)cc2)cc1C. The van der Waals surface area contributed by atoms with Gasteiger partial charge < -0.3 is 19.3 Å². The summed E-state index contributed by atoms with van der Waals surface area (Å²) < 4.78 is 15.8. The van der Waals surface area contributed by atoms with Crippen molar-refractivity contribution in [3.63, 3.8) is 0 Å². The molecule has 196 valence electrons. The number of amides is 1. The Hall–Kier alpha value is -4.59. The number of carbonyl (C=O) groups excluding carboxylic acids is 3. The Labute approximate surface area is 221 Å². The van der Waals surface area contributed by atoms with Gasteiger partial charge in [0.2, 0.25) is 0 Å². The first-order valence-electron chi connectivity index (χ1n) is 12.2. The maximum absolute atomic E-state index is 13.4. The number of Topliss-reactive ketones (excluding diaryl/α,β-unsaturated/α-hetero) is 1. The van der Waals surface area contributed by atoms with Gasteiger partial charge in [-0.25, -0.2) is 4.79 Å². The number of aliphatic hydroxyl groups is 1. The van der Waals surface area contributed by atoms with Crippen LogP contribution in [0.2, 0.25) is 0 Å². The van der Waals surface area contributed by atoms with Crippen LogP contribution < -0.4 is 14.4 Å². The van der Waals surface area contributed by atoms with Crippen molar-refractivity contribution >= 4 is 29.1 Å². The first-order chi connectivity index (χ1) is 18.3. The summed E-state index contributed by atoms with van der Waals surface area (Å²) in [5, 5.41) is 11.4. The van der Waals surface area contributed by atoms with Crippen LogP contribution >= 0.6 is 0 Å². The second-order valence-corrected chi connectivity index (χ2v) is 8.81. The minimum Gasteiger partial charge on any atom is -0.507 e. The van der Waals surface area contributed by atoms with E-state index in [2.05, 4.69) is 0 Å². The summed E-state index contributed by atoms with van der Waals surface area (Å²) >= 11 is 0. The van der Waals surface area contributed by atoms with E-state index in [4.69, 9.17) is 14.2 Å². The normalized spacial score (nSPS) is 16.4. The first-order valence-corrected chi connectivity index (χ1v) is 12.2. The number of esters is 1. The molecule has 0 bridgehead atoms. The number of aliphatic hydroxyl groups excluding tert-OH is 1. The van der Waals surface area contributed by atoms with Gasteiger partial charge in [-0.2, -0.15) is 0 Å². The largest absolute Gasteiger partial charge is 0.507 e. The molecule has 1 saturated heterocycles. The van der Waals surface area contributed by atoms with Gasteiger partial charge in [0.1, 0.15) is 17.3 Å². The molecule has 3 aromatic carbocycles. The molecule has 1 fully saturated rings. The lowest BCUT2D eigenvalue weighted by Gasteiger charge is -2.26. The monoisotopic (exact) mass is 515 g/mol. The van der Waals surface area contributed by atoms with E-state index in [0.717, 1.165) is 12.0 Å². The molecule has 1 atom stereocenters. The number of aryl methyl sites for hydroxylation is 1. The number of rotatable bonds is 8. The summed E-state index contributed by atoms with van der Waals surface area (Å²) in [6, 6.07) is 17.3. The van der Waals surface area contributed by atoms with Crippen LogP contribution in [0, 0.1) is 6.92 Å². The number of benzene rings is 3. The van der Waals surface area contributed by atoms with Crippen molar-refractivity contribution in [2.75, 3.05) is 25.7 Å². The van der Waals surface area contributed by atoms with Crippen molar-refractivity contribution in [1.82, 2.24) is 0 Å². The maximum atomic E-state index is 13.4. The van der Waals surface area contributed by atoms with E-state index >= 15 is 0 Å². The van der Waals surface area contributed by atoms with Crippen LogP contribution in [0.4, 0.5) is 5.69 Å². The standard InChI is InChI=1S/C30H29NO7/c1-5-15-38-24-14-11-20(16-18(24)2)27(32)25-26(19-9-12-23(36-3)13-10-19)31(29(34)28(25)33)22-8-6-7-21(17-22)30(35)37-4/h6-14,16-17,26,32H,5,15H2,1-4H3/b27-25+. The minimum absolute atomic E-state index is 0.0646. The van der Waals surface area contributed by atoms with Gasteiger partial charge in [0.15, 0.2) is 0 Å². The summed E-state index contributed by atoms with van der Waals surface area (Å²) in [6.07, 6.45) is 0.851. The molecule has 0 saturated carbocycles. The molecule has 1 heterocycles. The number of anilines is 1. The summed E-state index contributed by atoms with van der Waals surface area (Å²) in [6.45, 7) is 4.41. The molecule has 0 spiro atoms. The van der Waals surface area contributed by atoms with Gasteiger partial charge in [-0.15, -0.1) is 0 Å². The molecule has 0 aromatic heterocycles. The van der Waals surface area contributed by atoms with Gasteiger partial charge >= 0.3 is 5.97 Å². The van der Waals surface area contributed by atoms with E-state index < -0.39 is 23.7 Å². The number of methoxy groups -OCH3 is 2. The molecule has 0 aliphatic carbocycles. The molecular weight excluding hydrogens is 486 g/mol. The minimum atomic E-state index is -0.954. The maximum Gasteiger partial charge on any atom is 0.337 e. The molecule has 1 unspecified atom stereocenters. The Morgan fingerprint density at radius 1 is 0.974 bits per heavy atom. The van der Waals surface area contributed by atoms with Gasteiger partial charge in [0.25, 0.3) is 11.7 Å². The molecule has 1 aliphatic heterocycles. The predicted octanol–water partition coefficient (Wildman–Crippen LogP) is 5.21. The van der Waals surface area contributed by atoms with Crippen molar-refractivity contribution in [2.45, 2.75) is 26.3 Å². The molecule has 3 aromatic rings. The van der Waals surface area contributed by atoms with Gasteiger partial charge in [0.05, 0.1) is 38.0 Å². The molecule has 38 heavy (non-hydrogen) atoms. The zero-order valence-electron chi connectivity index (χ0n) is 21.7. The fourth-order valence-corrected chi connectivity index (χ4v) is 4.43. The van der Waals surface area contributed by atoms with Crippen molar-refractivity contribution in [2.24, 2.45) is 0 Å². The molecule has 0 radical (unpaired) electrons. The zero-order chi connectivity index (χ0) is 27.4. The van der Waals surface area contributed by atoms with Crippen LogP contribution in [-0.4, -0.2) is 43.6 Å². The summed E-state index contributed by atoms with van der Waals surface area (Å²) in [5.74, 6) is -1.28. The Bertz CT molecular complexity index is 1410. The van der Waals surface area contributed by atoms with Gasteiger partial charge in [-0.3, -0.25) is 14.5 Å². The lowest BCUT2D eigenvalue weighted by Crippen LogP contribution is -2.29. The highest BCUT2D eigenvalue weighted by molar-refractivity contribution is 6.51. The van der Waals surface area contributed by atoms with Gasteiger partial charge in [-0.1, -0.05) is 25.1 Å².